The highest BCUT2D eigenvalue weighted by Crippen LogP contribution is 2.25. The molecule has 2 aliphatic rings. The monoisotopic (exact) mass is 267 g/mol. The van der Waals surface area contributed by atoms with Gasteiger partial charge in [0.15, 0.2) is 0 Å². The van der Waals surface area contributed by atoms with E-state index in [4.69, 9.17) is 5.14 Å². The molecule has 5 nitrogen and oxygen atoms in total. The van der Waals surface area contributed by atoms with Crippen LogP contribution in [-0.4, -0.2) is 33.6 Å². The molecule has 0 saturated carbocycles. The van der Waals surface area contributed by atoms with Gasteiger partial charge in [0.05, 0.1) is 4.90 Å². The van der Waals surface area contributed by atoms with Gasteiger partial charge in [0.25, 0.3) is 0 Å². The molecule has 98 valence electrons. The summed E-state index contributed by atoms with van der Waals surface area (Å²) >= 11 is 0. The van der Waals surface area contributed by atoms with Crippen LogP contribution < -0.4 is 15.4 Å². The standard InChI is InChI=1S/C12H17N3O2S/c13-18(16,17)12-5-3-11(4-6-12)15-7-9-1-2-10(8-15)14-9/h3-6,9-10,14H,1-2,7-8H2,(H2,13,16,17). The van der Waals surface area contributed by atoms with Crippen LogP contribution in [0.5, 0.6) is 0 Å². The number of anilines is 1. The molecule has 0 radical (unpaired) electrons. The second-order valence-corrected chi connectivity index (χ2v) is 6.64. The lowest BCUT2D eigenvalue weighted by Gasteiger charge is -2.34. The fourth-order valence-corrected chi connectivity index (χ4v) is 3.37. The Labute approximate surface area is 107 Å². The maximum atomic E-state index is 11.2. The molecule has 1 aromatic rings. The third kappa shape index (κ3) is 2.23. The van der Waals surface area contributed by atoms with Gasteiger partial charge in [-0.2, -0.15) is 0 Å². The molecule has 2 atom stereocenters. The van der Waals surface area contributed by atoms with Crippen LogP contribution in [0.2, 0.25) is 0 Å². The number of hydrogen-bond acceptors (Lipinski definition) is 4. The zero-order chi connectivity index (χ0) is 12.8. The first-order valence-electron chi connectivity index (χ1n) is 6.16. The molecule has 0 amide bonds. The zero-order valence-corrected chi connectivity index (χ0v) is 10.9. The molecule has 3 N–H and O–H groups in total. The molecule has 0 spiro atoms. The number of primary sulfonamides is 1. The highest BCUT2D eigenvalue weighted by atomic mass is 32.2. The van der Waals surface area contributed by atoms with Crippen LogP contribution in [-0.2, 0) is 10.0 Å². The van der Waals surface area contributed by atoms with Crippen molar-refractivity contribution in [2.45, 2.75) is 29.8 Å². The molecule has 2 bridgehead atoms. The van der Waals surface area contributed by atoms with E-state index >= 15 is 0 Å². The minimum atomic E-state index is -3.59. The van der Waals surface area contributed by atoms with Crippen molar-refractivity contribution in [1.29, 1.82) is 0 Å². The molecule has 2 aliphatic heterocycles. The van der Waals surface area contributed by atoms with Crippen LogP contribution in [0.4, 0.5) is 5.69 Å². The van der Waals surface area contributed by atoms with Crippen LogP contribution >= 0.6 is 0 Å². The number of sulfonamides is 1. The van der Waals surface area contributed by atoms with E-state index in [-0.39, 0.29) is 4.90 Å². The first-order chi connectivity index (χ1) is 8.52. The number of hydrogen-bond donors (Lipinski definition) is 2. The van der Waals surface area contributed by atoms with Gasteiger partial charge in [-0.15, -0.1) is 0 Å². The van der Waals surface area contributed by atoms with Crippen LogP contribution in [0, 0.1) is 0 Å². The van der Waals surface area contributed by atoms with E-state index in [0.29, 0.717) is 12.1 Å². The maximum Gasteiger partial charge on any atom is 0.238 e. The summed E-state index contributed by atoms with van der Waals surface area (Å²) in [5.41, 5.74) is 1.07. The molecule has 2 fully saturated rings. The topological polar surface area (TPSA) is 75.4 Å². The normalized spacial score (nSPS) is 27.5. The van der Waals surface area contributed by atoms with Crippen molar-refractivity contribution >= 4 is 15.7 Å². The molecule has 18 heavy (non-hydrogen) atoms. The summed E-state index contributed by atoms with van der Waals surface area (Å²) in [5, 5.41) is 8.66. The molecule has 0 aromatic heterocycles. The van der Waals surface area contributed by atoms with Crippen molar-refractivity contribution in [3.63, 3.8) is 0 Å². The van der Waals surface area contributed by atoms with E-state index < -0.39 is 10.0 Å². The second kappa shape index (κ2) is 4.22. The lowest BCUT2D eigenvalue weighted by atomic mass is 10.2. The van der Waals surface area contributed by atoms with Gasteiger partial charge in [-0.05, 0) is 37.1 Å². The Hall–Kier alpha value is -1.11. The van der Waals surface area contributed by atoms with E-state index in [1.54, 1.807) is 12.1 Å². The summed E-state index contributed by atoms with van der Waals surface area (Å²) in [6.07, 6.45) is 2.47. The molecule has 2 saturated heterocycles. The van der Waals surface area contributed by atoms with Crippen LogP contribution in [0.25, 0.3) is 0 Å². The highest BCUT2D eigenvalue weighted by molar-refractivity contribution is 7.89. The summed E-state index contributed by atoms with van der Waals surface area (Å²) in [4.78, 5) is 2.48. The van der Waals surface area contributed by atoms with Crippen molar-refractivity contribution < 1.29 is 8.42 Å². The van der Waals surface area contributed by atoms with Crippen LogP contribution in [0.1, 0.15) is 12.8 Å². The molecule has 0 aliphatic carbocycles. The Bertz CT molecular complexity index is 529. The quantitative estimate of drug-likeness (QED) is 0.807. The number of benzene rings is 1. The second-order valence-electron chi connectivity index (χ2n) is 5.08. The van der Waals surface area contributed by atoms with E-state index in [1.807, 2.05) is 12.1 Å². The summed E-state index contributed by atoms with van der Waals surface area (Å²) in [7, 11) is -3.59. The first kappa shape index (κ1) is 12.0. The minimum Gasteiger partial charge on any atom is -0.368 e. The van der Waals surface area contributed by atoms with E-state index in [2.05, 4.69) is 10.2 Å². The number of rotatable bonds is 2. The van der Waals surface area contributed by atoms with E-state index in [1.165, 1.54) is 12.8 Å². The number of piperazine rings is 1. The SMILES string of the molecule is NS(=O)(=O)c1ccc(N2CC3CCC(C2)N3)cc1. The van der Waals surface area contributed by atoms with E-state index in [0.717, 1.165) is 18.8 Å². The van der Waals surface area contributed by atoms with Crippen molar-refractivity contribution in [3.8, 4) is 0 Å². The van der Waals surface area contributed by atoms with Gasteiger partial charge in [-0.25, -0.2) is 13.6 Å². The Morgan fingerprint density at radius 3 is 2.17 bits per heavy atom. The molecule has 3 rings (SSSR count). The Balaban J connectivity index is 1.81. The van der Waals surface area contributed by atoms with Crippen molar-refractivity contribution in [2.24, 2.45) is 5.14 Å². The smallest absolute Gasteiger partial charge is 0.238 e. The average molecular weight is 267 g/mol. The van der Waals surface area contributed by atoms with E-state index in [9.17, 15) is 8.42 Å². The maximum absolute atomic E-state index is 11.2. The third-order valence-electron chi connectivity index (χ3n) is 3.75. The number of nitrogens with one attached hydrogen (secondary N) is 1. The fourth-order valence-electron chi connectivity index (χ4n) is 2.85. The lowest BCUT2D eigenvalue weighted by molar-refractivity contribution is 0.466. The van der Waals surface area contributed by atoms with Gasteiger partial charge in [0, 0.05) is 30.9 Å². The van der Waals surface area contributed by atoms with Gasteiger partial charge in [-0.3, -0.25) is 0 Å². The molecular weight excluding hydrogens is 250 g/mol. The van der Waals surface area contributed by atoms with Crippen molar-refractivity contribution in [2.75, 3.05) is 18.0 Å². The predicted octanol–water partition coefficient (Wildman–Crippen LogP) is 0.275. The summed E-state index contributed by atoms with van der Waals surface area (Å²) in [6, 6.07) is 7.97. The zero-order valence-electron chi connectivity index (χ0n) is 10.0. The largest absolute Gasteiger partial charge is 0.368 e. The van der Waals surface area contributed by atoms with Crippen molar-refractivity contribution in [1.82, 2.24) is 5.32 Å². The summed E-state index contributed by atoms with van der Waals surface area (Å²) in [6.45, 7) is 1.98. The minimum absolute atomic E-state index is 0.171. The average Bonchev–Trinajstić information content (AvgIpc) is 2.67. The van der Waals surface area contributed by atoms with Gasteiger partial charge < -0.3 is 10.2 Å². The highest BCUT2D eigenvalue weighted by Gasteiger charge is 2.32. The van der Waals surface area contributed by atoms with Crippen LogP contribution in [0.15, 0.2) is 29.2 Å². The van der Waals surface area contributed by atoms with Crippen LogP contribution in [0.3, 0.4) is 0 Å². The number of fused-ring (bicyclic) bond motifs is 2. The molecule has 2 heterocycles. The van der Waals surface area contributed by atoms with Gasteiger partial charge in [0.2, 0.25) is 10.0 Å². The predicted molar refractivity (Wildman–Crippen MR) is 70.0 cm³/mol. The molecule has 2 unspecified atom stereocenters. The fraction of sp³-hybridized carbons (Fsp3) is 0.500. The Morgan fingerprint density at radius 2 is 1.67 bits per heavy atom. The third-order valence-corrected chi connectivity index (χ3v) is 4.68. The molecule has 6 heteroatoms. The summed E-state index contributed by atoms with van der Waals surface area (Å²) < 4.78 is 22.4. The Morgan fingerprint density at radius 1 is 1.11 bits per heavy atom. The van der Waals surface area contributed by atoms with Gasteiger partial charge in [-0.1, -0.05) is 0 Å². The first-order valence-corrected chi connectivity index (χ1v) is 7.71. The molecular formula is C12H17N3O2S. The number of nitrogens with two attached hydrogens (primary N) is 1. The summed E-state index contributed by atoms with van der Waals surface area (Å²) in [5.74, 6) is 0. The Kier molecular flexibility index (Phi) is 2.80. The van der Waals surface area contributed by atoms with Gasteiger partial charge >= 0.3 is 0 Å². The number of nitrogens with zero attached hydrogens (tertiary/aromatic N) is 1. The molecule has 1 aromatic carbocycles. The lowest BCUT2D eigenvalue weighted by Crippen LogP contribution is -2.51. The van der Waals surface area contributed by atoms with Crippen molar-refractivity contribution in [3.05, 3.63) is 24.3 Å². The van der Waals surface area contributed by atoms with Gasteiger partial charge in [0.1, 0.15) is 0 Å².